The van der Waals surface area contributed by atoms with Gasteiger partial charge in [0, 0.05) is 5.56 Å². The topological polar surface area (TPSA) is 75.6 Å². The fraction of sp³-hybridized carbons (Fsp3) is 0.467. The molecule has 1 rings (SSSR count). The molecule has 22 heavy (non-hydrogen) atoms. The molecule has 0 radical (unpaired) electrons. The molecule has 0 saturated carbocycles. The fourth-order valence-electron chi connectivity index (χ4n) is 1.79. The number of carboxylic acid groups (broad SMARTS) is 1. The zero-order valence-corrected chi connectivity index (χ0v) is 12.6. The maximum absolute atomic E-state index is 12.7. The molecule has 0 spiro atoms. The van der Waals surface area contributed by atoms with Gasteiger partial charge in [-0.25, -0.2) is 13.6 Å². The molecule has 0 aliphatic heterocycles. The molecule has 1 amide bonds. The van der Waals surface area contributed by atoms with Crippen LogP contribution in [0, 0.1) is 0 Å². The maximum Gasteiger partial charge on any atom is 0.408 e. The molecule has 2 N–H and O–H groups in total. The van der Waals surface area contributed by atoms with Crippen molar-refractivity contribution in [2.24, 2.45) is 0 Å². The molecule has 1 aromatic rings. The third kappa shape index (κ3) is 6.07. The number of nitrogens with one attached hydrogen (secondary N) is 1. The summed E-state index contributed by atoms with van der Waals surface area (Å²) in [6.07, 6.45) is -3.92. The van der Waals surface area contributed by atoms with Crippen LogP contribution in [0.2, 0.25) is 0 Å². The molecule has 1 atom stereocenters. The van der Waals surface area contributed by atoms with Gasteiger partial charge in [0.25, 0.3) is 6.43 Å². The van der Waals surface area contributed by atoms with Gasteiger partial charge in [0.05, 0.1) is 12.5 Å². The Morgan fingerprint density at radius 1 is 1.27 bits per heavy atom. The number of alkyl halides is 2. The first-order valence-corrected chi connectivity index (χ1v) is 6.68. The van der Waals surface area contributed by atoms with E-state index in [4.69, 9.17) is 9.84 Å². The van der Waals surface area contributed by atoms with Crippen LogP contribution < -0.4 is 5.32 Å². The summed E-state index contributed by atoms with van der Waals surface area (Å²) in [6.45, 7) is 4.99. The minimum atomic E-state index is -2.67. The Balaban J connectivity index is 2.95. The van der Waals surface area contributed by atoms with Crippen LogP contribution in [0.5, 0.6) is 0 Å². The van der Waals surface area contributed by atoms with E-state index in [2.05, 4.69) is 5.32 Å². The molecule has 0 aliphatic carbocycles. The number of carboxylic acids is 1. The van der Waals surface area contributed by atoms with E-state index in [1.54, 1.807) is 20.8 Å². The minimum absolute atomic E-state index is 0.237. The number of benzene rings is 1. The van der Waals surface area contributed by atoms with Crippen molar-refractivity contribution in [1.82, 2.24) is 5.32 Å². The third-order valence-corrected chi connectivity index (χ3v) is 2.63. The lowest BCUT2D eigenvalue weighted by atomic mass is 10.0. The molecule has 1 aromatic carbocycles. The first-order chi connectivity index (χ1) is 10.1. The van der Waals surface area contributed by atoms with E-state index >= 15 is 0 Å². The van der Waals surface area contributed by atoms with Crippen molar-refractivity contribution in [3.63, 3.8) is 0 Å². The Kier molecular flexibility index (Phi) is 5.84. The summed E-state index contributed by atoms with van der Waals surface area (Å²) < 4.78 is 30.5. The number of carbonyl (C=O) groups is 2. The number of alkyl carbamates (subject to hydrolysis) is 1. The Morgan fingerprint density at radius 2 is 1.86 bits per heavy atom. The van der Waals surface area contributed by atoms with Gasteiger partial charge in [0.1, 0.15) is 5.60 Å². The predicted molar refractivity (Wildman–Crippen MR) is 75.8 cm³/mol. The van der Waals surface area contributed by atoms with Crippen LogP contribution in [0.25, 0.3) is 0 Å². The average molecular weight is 315 g/mol. The summed E-state index contributed by atoms with van der Waals surface area (Å²) in [6, 6.07) is 4.33. The van der Waals surface area contributed by atoms with Crippen molar-refractivity contribution in [3.8, 4) is 0 Å². The highest BCUT2D eigenvalue weighted by molar-refractivity contribution is 5.72. The number of rotatable bonds is 5. The third-order valence-electron chi connectivity index (χ3n) is 2.63. The molecule has 0 heterocycles. The molecule has 7 heteroatoms. The number of aliphatic carboxylic acids is 1. The summed E-state index contributed by atoms with van der Waals surface area (Å²) in [5, 5.41) is 11.3. The van der Waals surface area contributed by atoms with Crippen LogP contribution in [-0.2, 0) is 9.53 Å². The Bertz CT molecular complexity index is 541. The van der Waals surface area contributed by atoms with Crippen LogP contribution in [0.15, 0.2) is 24.3 Å². The van der Waals surface area contributed by atoms with E-state index in [9.17, 15) is 18.4 Å². The van der Waals surface area contributed by atoms with E-state index in [-0.39, 0.29) is 11.1 Å². The van der Waals surface area contributed by atoms with Crippen molar-refractivity contribution >= 4 is 12.1 Å². The highest BCUT2D eigenvalue weighted by atomic mass is 19.3. The zero-order valence-electron chi connectivity index (χ0n) is 12.6. The van der Waals surface area contributed by atoms with Gasteiger partial charge in [-0.3, -0.25) is 4.79 Å². The Labute approximate surface area is 127 Å². The summed E-state index contributed by atoms with van der Waals surface area (Å²) in [5.74, 6) is -1.16. The van der Waals surface area contributed by atoms with Gasteiger partial charge in [-0.2, -0.15) is 0 Å². The van der Waals surface area contributed by atoms with Crippen molar-refractivity contribution < 1.29 is 28.2 Å². The lowest BCUT2D eigenvalue weighted by Crippen LogP contribution is -2.35. The summed E-state index contributed by atoms with van der Waals surface area (Å²) in [7, 11) is 0. The first kappa shape index (κ1) is 17.9. The molecule has 0 aromatic heterocycles. The lowest BCUT2D eigenvalue weighted by Gasteiger charge is -2.23. The van der Waals surface area contributed by atoms with E-state index in [0.717, 1.165) is 0 Å². The highest BCUT2D eigenvalue weighted by Crippen LogP contribution is 2.24. The standard InChI is InChI=1S/C15H19F2NO4/c1-15(2,3)22-14(21)18-11(8-12(19)20)9-5-4-6-10(7-9)13(16)17/h4-7,11,13H,8H2,1-3H3,(H,18,21)(H,19,20). The highest BCUT2D eigenvalue weighted by Gasteiger charge is 2.23. The van der Waals surface area contributed by atoms with Crippen molar-refractivity contribution in [1.29, 1.82) is 0 Å². The summed E-state index contributed by atoms with van der Waals surface area (Å²) >= 11 is 0. The quantitative estimate of drug-likeness (QED) is 0.869. The van der Waals surface area contributed by atoms with Gasteiger partial charge >= 0.3 is 12.1 Å². The molecule has 1 unspecified atom stereocenters. The van der Waals surface area contributed by atoms with Crippen LogP contribution in [0.4, 0.5) is 13.6 Å². The second kappa shape index (κ2) is 7.20. The van der Waals surface area contributed by atoms with Gasteiger partial charge in [-0.15, -0.1) is 0 Å². The fourth-order valence-corrected chi connectivity index (χ4v) is 1.79. The second-order valence-electron chi connectivity index (χ2n) is 5.77. The van der Waals surface area contributed by atoms with Gasteiger partial charge in [-0.1, -0.05) is 18.2 Å². The van der Waals surface area contributed by atoms with Gasteiger partial charge in [-0.05, 0) is 32.4 Å². The monoisotopic (exact) mass is 315 g/mol. The molecule has 5 nitrogen and oxygen atoms in total. The lowest BCUT2D eigenvalue weighted by molar-refractivity contribution is -0.137. The van der Waals surface area contributed by atoms with E-state index in [1.807, 2.05) is 0 Å². The average Bonchev–Trinajstić information content (AvgIpc) is 2.35. The largest absolute Gasteiger partial charge is 0.481 e. The smallest absolute Gasteiger partial charge is 0.408 e. The second-order valence-corrected chi connectivity index (χ2v) is 5.77. The molecular formula is C15H19F2NO4. The molecule has 0 aliphatic rings. The molecule has 122 valence electrons. The molecule has 0 saturated heterocycles. The SMILES string of the molecule is CC(C)(C)OC(=O)NC(CC(=O)O)c1cccc(C(F)F)c1. The van der Waals surface area contributed by atoms with Crippen molar-refractivity contribution in [2.75, 3.05) is 0 Å². The number of ether oxygens (including phenoxy) is 1. The van der Waals surface area contributed by atoms with Crippen LogP contribution in [0.3, 0.4) is 0 Å². The Morgan fingerprint density at radius 3 is 2.36 bits per heavy atom. The first-order valence-electron chi connectivity index (χ1n) is 6.68. The molecule has 0 fully saturated rings. The maximum atomic E-state index is 12.7. The van der Waals surface area contributed by atoms with Gasteiger partial charge < -0.3 is 15.2 Å². The van der Waals surface area contributed by atoms with Crippen LogP contribution >= 0.6 is 0 Å². The summed E-state index contributed by atoms with van der Waals surface area (Å²) in [5.41, 5.74) is -0.701. The number of halogens is 2. The minimum Gasteiger partial charge on any atom is -0.481 e. The van der Waals surface area contributed by atoms with E-state index < -0.39 is 36.6 Å². The number of hydrogen-bond donors (Lipinski definition) is 2. The summed E-state index contributed by atoms with van der Waals surface area (Å²) in [4.78, 5) is 22.7. The van der Waals surface area contributed by atoms with Crippen LogP contribution in [0.1, 0.15) is 50.8 Å². The molecular weight excluding hydrogens is 296 g/mol. The number of carbonyl (C=O) groups excluding carboxylic acids is 1. The van der Waals surface area contributed by atoms with E-state index in [0.29, 0.717) is 0 Å². The van der Waals surface area contributed by atoms with Gasteiger partial charge in [0.2, 0.25) is 0 Å². The normalized spacial score (nSPS) is 12.8. The van der Waals surface area contributed by atoms with E-state index in [1.165, 1.54) is 24.3 Å². The van der Waals surface area contributed by atoms with Crippen molar-refractivity contribution in [3.05, 3.63) is 35.4 Å². The molecule has 0 bridgehead atoms. The van der Waals surface area contributed by atoms with Crippen LogP contribution in [-0.4, -0.2) is 22.8 Å². The number of amides is 1. The Hall–Kier alpha value is -2.18. The zero-order chi connectivity index (χ0) is 16.9. The van der Waals surface area contributed by atoms with Gasteiger partial charge in [0.15, 0.2) is 0 Å². The van der Waals surface area contributed by atoms with Crippen molar-refractivity contribution in [2.45, 2.75) is 45.3 Å². The predicted octanol–water partition coefficient (Wildman–Crippen LogP) is 3.66. The number of hydrogen-bond acceptors (Lipinski definition) is 3.